The second-order valence-corrected chi connectivity index (χ2v) is 7.61. The van der Waals surface area contributed by atoms with Crippen LogP contribution < -0.4 is 0 Å². The predicted octanol–water partition coefficient (Wildman–Crippen LogP) is 7.38. The van der Waals surface area contributed by atoms with Crippen molar-refractivity contribution in [3.05, 3.63) is 84.9 Å². The van der Waals surface area contributed by atoms with Gasteiger partial charge in [-0.25, -0.2) is 4.98 Å². The van der Waals surface area contributed by atoms with E-state index >= 15 is 0 Å². The van der Waals surface area contributed by atoms with Crippen molar-refractivity contribution in [2.75, 3.05) is 0 Å². The van der Waals surface area contributed by atoms with Gasteiger partial charge in [0, 0.05) is 5.39 Å². The molecule has 0 aliphatic rings. The van der Waals surface area contributed by atoms with Gasteiger partial charge >= 0.3 is 0 Å². The molecule has 3 heterocycles. The van der Waals surface area contributed by atoms with Gasteiger partial charge in [0.1, 0.15) is 11.3 Å². The Balaban J connectivity index is 1.63. The van der Waals surface area contributed by atoms with Crippen LogP contribution >= 0.6 is 11.3 Å². The third-order valence-electron chi connectivity index (χ3n) is 4.82. The highest BCUT2D eigenvalue weighted by Gasteiger charge is 2.21. The van der Waals surface area contributed by atoms with Crippen LogP contribution in [-0.4, -0.2) is 9.38 Å². The van der Waals surface area contributed by atoms with E-state index in [1.807, 2.05) is 78.9 Å². The van der Waals surface area contributed by atoms with Gasteiger partial charge in [-0.05, 0) is 36.4 Å². The van der Waals surface area contributed by atoms with E-state index in [0.717, 1.165) is 49.1 Å². The van der Waals surface area contributed by atoms with E-state index in [1.54, 1.807) is 0 Å². The zero-order valence-electron chi connectivity index (χ0n) is 15.2. The molecule has 0 bridgehead atoms. The summed E-state index contributed by atoms with van der Waals surface area (Å²) in [5.41, 5.74) is 4.49. The Morgan fingerprint density at radius 2 is 1.62 bits per heavy atom. The van der Waals surface area contributed by atoms with Crippen LogP contribution in [0.1, 0.15) is 0 Å². The third kappa shape index (κ3) is 2.65. The van der Waals surface area contributed by atoms with Crippen LogP contribution in [0.25, 0.3) is 38.4 Å². The first kappa shape index (κ1) is 16.2. The van der Waals surface area contributed by atoms with Crippen LogP contribution in [0.5, 0.6) is 0 Å². The average Bonchev–Trinajstić information content (AvgIpc) is 3.43. The Morgan fingerprint density at radius 3 is 2.52 bits per heavy atom. The quantitative estimate of drug-likeness (QED) is 0.294. The first-order valence-electron chi connectivity index (χ1n) is 9.22. The standard InChI is InChI=1S/C23H14N4OS/c1-2-9-16(10-3-1)25-26-22-21(20-14-15-8-4-7-13-19(15)28-20)27-18-12-6-5-11-17(18)24-23(27)29-22/h1-14H. The first-order chi connectivity index (χ1) is 14.4. The van der Waals surface area contributed by atoms with Gasteiger partial charge in [0.05, 0.1) is 16.7 Å². The van der Waals surface area contributed by atoms with Crippen molar-refractivity contribution in [1.29, 1.82) is 0 Å². The highest BCUT2D eigenvalue weighted by molar-refractivity contribution is 7.21. The number of furan rings is 1. The van der Waals surface area contributed by atoms with Crippen molar-refractivity contribution in [1.82, 2.24) is 9.38 Å². The summed E-state index contributed by atoms with van der Waals surface area (Å²) in [5.74, 6) is 0.752. The van der Waals surface area contributed by atoms with Crippen LogP contribution in [0.3, 0.4) is 0 Å². The number of nitrogens with zero attached hydrogens (tertiary/aromatic N) is 4. The van der Waals surface area contributed by atoms with Crippen LogP contribution in [0, 0.1) is 0 Å². The number of fused-ring (bicyclic) bond motifs is 4. The molecule has 5 nitrogen and oxygen atoms in total. The van der Waals surface area contributed by atoms with Gasteiger partial charge in [0.15, 0.2) is 15.7 Å². The SMILES string of the molecule is c1ccc(N=Nc2sc3nc4ccccc4n3c2-c2cc3ccccc3o2)cc1. The molecule has 0 spiro atoms. The molecular formula is C23H14N4OS. The lowest BCUT2D eigenvalue weighted by molar-refractivity contribution is 0.628. The fourth-order valence-corrected chi connectivity index (χ4v) is 4.47. The zero-order valence-corrected chi connectivity index (χ0v) is 16.0. The second kappa shape index (κ2) is 6.39. The lowest BCUT2D eigenvalue weighted by Crippen LogP contribution is -1.84. The third-order valence-corrected chi connectivity index (χ3v) is 5.74. The Hall–Kier alpha value is -3.77. The van der Waals surface area contributed by atoms with Gasteiger partial charge in [-0.1, -0.05) is 59.9 Å². The molecule has 6 heteroatoms. The van der Waals surface area contributed by atoms with E-state index in [1.165, 1.54) is 11.3 Å². The van der Waals surface area contributed by atoms with Gasteiger partial charge in [0.2, 0.25) is 0 Å². The lowest BCUT2D eigenvalue weighted by Gasteiger charge is -1.99. The molecule has 0 N–H and O–H groups in total. The topological polar surface area (TPSA) is 55.2 Å². The number of imidazole rings is 1. The molecule has 0 saturated heterocycles. The van der Waals surface area contributed by atoms with E-state index in [0.29, 0.717) is 0 Å². The van der Waals surface area contributed by atoms with Gasteiger partial charge in [-0.2, -0.15) is 0 Å². The number of hydrogen-bond donors (Lipinski definition) is 0. The van der Waals surface area contributed by atoms with E-state index < -0.39 is 0 Å². The Bertz CT molecular complexity index is 1470. The molecule has 29 heavy (non-hydrogen) atoms. The number of benzene rings is 3. The molecule has 3 aromatic heterocycles. The number of rotatable bonds is 3. The minimum Gasteiger partial charge on any atom is -0.454 e. The van der Waals surface area contributed by atoms with Crippen molar-refractivity contribution in [3.8, 4) is 11.5 Å². The van der Waals surface area contributed by atoms with Gasteiger partial charge in [-0.3, -0.25) is 4.40 Å². The lowest BCUT2D eigenvalue weighted by atomic mass is 10.2. The number of aromatic nitrogens is 2. The molecule has 0 aliphatic carbocycles. The summed E-state index contributed by atoms with van der Waals surface area (Å²) in [5, 5.41) is 10.8. The monoisotopic (exact) mass is 394 g/mol. The molecule has 6 rings (SSSR count). The fraction of sp³-hybridized carbons (Fsp3) is 0. The number of hydrogen-bond acceptors (Lipinski definition) is 5. The van der Waals surface area contributed by atoms with E-state index in [-0.39, 0.29) is 0 Å². The largest absolute Gasteiger partial charge is 0.454 e. The molecule has 0 unspecified atom stereocenters. The van der Waals surface area contributed by atoms with Gasteiger partial charge < -0.3 is 4.42 Å². The Labute approximate surface area is 169 Å². The summed E-state index contributed by atoms with van der Waals surface area (Å²) >= 11 is 1.51. The molecule has 138 valence electrons. The molecule has 0 aliphatic heterocycles. The summed E-state index contributed by atoms with van der Waals surface area (Å²) in [6.45, 7) is 0. The summed E-state index contributed by atoms with van der Waals surface area (Å²) in [6, 6.07) is 27.9. The molecule has 6 aromatic rings. The maximum absolute atomic E-state index is 6.19. The van der Waals surface area contributed by atoms with Crippen molar-refractivity contribution in [2.45, 2.75) is 0 Å². The molecule has 0 saturated carbocycles. The normalized spacial score (nSPS) is 12.0. The first-order valence-corrected chi connectivity index (χ1v) is 10.0. The molecule has 0 fully saturated rings. The van der Waals surface area contributed by atoms with E-state index in [9.17, 15) is 0 Å². The molecular weight excluding hydrogens is 380 g/mol. The number of para-hydroxylation sites is 3. The van der Waals surface area contributed by atoms with Crippen LogP contribution in [0.15, 0.2) is 99.6 Å². The number of thiazole rings is 1. The van der Waals surface area contributed by atoms with Crippen molar-refractivity contribution in [3.63, 3.8) is 0 Å². The summed E-state index contributed by atoms with van der Waals surface area (Å²) in [4.78, 5) is 5.63. The van der Waals surface area contributed by atoms with Crippen molar-refractivity contribution in [2.24, 2.45) is 10.2 Å². The second-order valence-electron chi connectivity index (χ2n) is 6.66. The Morgan fingerprint density at radius 1 is 0.828 bits per heavy atom. The smallest absolute Gasteiger partial charge is 0.197 e. The van der Waals surface area contributed by atoms with Crippen LogP contribution in [0.4, 0.5) is 10.7 Å². The Kier molecular flexibility index (Phi) is 3.57. The average molecular weight is 394 g/mol. The number of azo groups is 1. The van der Waals surface area contributed by atoms with Gasteiger partial charge in [0.25, 0.3) is 0 Å². The molecule has 0 atom stereocenters. The fourth-order valence-electron chi connectivity index (χ4n) is 3.50. The minimum atomic E-state index is 0.752. The molecule has 0 radical (unpaired) electrons. The van der Waals surface area contributed by atoms with Crippen LogP contribution in [-0.2, 0) is 0 Å². The van der Waals surface area contributed by atoms with Gasteiger partial charge in [-0.15, -0.1) is 10.2 Å². The van der Waals surface area contributed by atoms with Crippen molar-refractivity contribution < 1.29 is 4.42 Å². The maximum Gasteiger partial charge on any atom is 0.197 e. The highest BCUT2D eigenvalue weighted by Crippen LogP contribution is 2.42. The zero-order chi connectivity index (χ0) is 19.2. The molecule has 0 amide bonds. The molecule has 3 aromatic carbocycles. The summed E-state index contributed by atoms with van der Waals surface area (Å²) in [7, 11) is 0. The van der Waals surface area contributed by atoms with Crippen molar-refractivity contribution >= 4 is 49.0 Å². The highest BCUT2D eigenvalue weighted by atomic mass is 32.1. The summed E-state index contributed by atoms with van der Waals surface area (Å²) < 4.78 is 8.30. The summed E-state index contributed by atoms with van der Waals surface area (Å²) in [6.07, 6.45) is 0. The van der Waals surface area contributed by atoms with E-state index in [2.05, 4.69) is 20.7 Å². The minimum absolute atomic E-state index is 0.752. The predicted molar refractivity (Wildman–Crippen MR) is 116 cm³/mol. The van der Waals surface area contributed by atoms with Crippen LogP contribution in [0.2, 0.25) is 0 Å². The maximum atomic E-state index is 6.19. The van der Waals surface area contributed by atoms with E-state index in [4.69, 9.17) is 9.40 Å².